The molecule has 0 amide bonds. The molecule has 0 aliphatic carbocycles. The lowest BCUT2D eigenvalue weighted by Gasteiger charge is -2.08. The zero-order valence-electron chi connectivity index (χ0n) is 9.88. The zero-order valence-corrected chi connectivity index (χ0v) is 11.5. The molecule has 20 heavy (non-hydrogen) atoms. The van der Waals surface area contributed by atoms with Gasteiger partial charge in [0.25, 0.3) is 0 Å². The van der Waals surface area contributed by atoms with Crippen LogP contribution in [0.1, 0.15) is 10.4 Å². The monoisotopic (exact) mass is 339 g/mol. The number of carbonyl (C=O) groups is 1. The maximum absolute atomic E-state index is 13.2. The van der Waals surface area contributed by atoms with Crippen LogP contribution in [0.4, 0.5) is 10.1 Å². The lowest BCUT2D eigenvalue weighted by atomic mass is 10.2. The molecule has 0 aliphatic heterocycles. The van der Waals surface area contributed by atoms with E-state index in [-0.39, 0.29) is 22.7 Å². The Hall–Kier alpha value is -2.28. The Morgan fingerprint density at radius 2 is 1.95 bits per heavy atom. The number of nitrogens with zero attached hydrogens (tertiary/aromatic N) is 1. The molecule has 0 atom stereocenters. The number of benzene rings is 2. The van der Waals surface area contributed by atoms with Crippen molar-refractivity contribution in [2.75, 3.05) is 0 Å². The highest BCUT2D eigenvalue weighted by molar-refractivity contribution is 9.10. The van der Waals surface area contributed by atoms with Crippen molar-refractivity contribution in [1.82, 2.24) is 0 Å². The second kappa shape index (κ2) is 5.79. The predicted molar refractivity (Wildman–Crippen MR) is 72.7 cm³/mol. The molecule has 0 saturated heterocycles. The fourth-order valence-electron chi connectivity index (χ4n) is 1.54. The van der Waals surface area contributed by atoms with E-state index in [0.29, 0.717) is 10.8 Å². The van der Waals surface area contributed by atoms with E-state index in [2.05, 4.69) is 15.9 Å². The lowest BCUT2D eigenvalue weighted by molar-refractivity contribution is -0.385. The average molecular weight is 340 g/mol. The van der Waals surface area contributed by atoms with Crippen molar-refractivity contribution in [1.29, 1.82) is 0 Å². The van der Waals surface area contributed by atoms with E-state index in [9.17, 15) is 19.3 Å². The maximum atomic E-state index is 13.2. The Labute approximate surface area is 121 Å². The minimum Gasteiger partial charge on any atom is -0.449 e. The number of halogens is 2. The molecule has 0 unspecified atom stereocenters. The van der Waals surface area contributed by atoms with E-state index in [1.807, 2.05) is 0 Å². The maximum Gasteiger partial charge on any atom is 0.311 e. The van der Waals surface area contributed by atoms with Crippen molar-refractivity contribution in [3.05, 3.63) is 62.4 Å². The van der Waals surface area contributed by atoms with Gasteiger partial charge in [-0.15, -0.1) is 0 Å². The Kier molecular flexibility index (Phi) is 4.09. The van der Waals surface area contributed by atoms with Crippen LogP contribution in [0.3, 0.4) is 0 Å². The summed E-state index contributed by atoms with van der Waals surface area (Å²) in [6.07, 6.45) is 0.547. The first-order valence-corrected chi connectivity index (χ1v) is 6.17. The summed E-state index contributed by atoms with van der Waals surface area (Å²) in [5.74, 6) is -0.826. The molecule has 0 aromatic heterocycles. The average Bonchev–Trinajstić information content (AvgIpc) is 2.40. The summed E-state index contributed by atoms with van der Waals surface area (Å²) in [5, 5.41) is 10.9. The molecule has 2 aromatic carbocycles. The molecule has 7 heteroatoms. The Morgan fingerprint density at radius 1 is 1.20 bits per heavy atom. The van der Waals surface area contributed by atoms with Gasteiger partial charge in [-0.25, -0.2) is 4.39 Å². The molecule has 0 saturated carbocycles. The van der Waals surface area contributed by atoms with Gasteiger partial charge in [-0.1, -0.05) is 15.9 Å². The molecule has 2 rings (SSSR count). The minimum atomic E-state index is -0.686. The van der Waals surface area contributed by atoms with Gasteiger partial charge >= 0.3 is 5.69 Å². The van der Waals surface area contributed by atoms with Crippen molar-refractivity contribution in [3.63, 3.8) is 0 Å². The van der Waals surface area contributed by atoms with Crippen molar-refractivity contribution in [2.24, 2.45) is 0 Å². The van der Waals surface area contributed by atoms with Gasteiger partial charge in [-0.05, 0) is 24.3 Å². The number of nitro benzene ring substituents is 1. The molecule has 0 radical (unpaired) electrons. The van der Waals surface area contributed by atoms with Crippen LogP contribution in [-0.4, -0.2) is 11.2 Å². The van der Waals surface area contributed by atoms with Gasteiger partial charge in [0.05, 0.1) is 10.5 Å². The van der Waals surface area contributed by atoms with Gasteiger partial charge in [-0.3, -0.25) is 14.9 Å². The van der Waals surface area contributed by atoms with Crippen molar-refractivity contribution in [2.45, 2.75) is 0 Å². The smallest absolute Gasteiger partial charge is 0.311 e. The van der Waals surface area contributed by atoms with E-state index in [1.165, 1.54) is 12.1 Å². The molecule has 2 aromatic rings. The summed E-state index contributed by atoms with van der Waals surface area (Å²) in [6, 6.07) is 7.43. The molecule has 0 spiro atoms. The number of aldehydes is 1. The summed E-state index contributed by atoms with van der Waals surface area (Å²) in [6.45, 7) is 0. The van der Waals surface area contributed by atoms with Crippen LogP contribution >= 0.6 is 15.9 Å². The second-order valence-corrected chi connectivity index (χ2v) is 4.69. The number of nitro groups is 1. The predicted octanol–water partition coefficient (Wildman–Crippen LogP) is 4.10. The van der Waals surface area contributed by atoms with Crippen LogP contribution in [0.2, 0.25) is 0 Å². The summed E-state index contributed by atoms with van der Waals surface area (Å²) in [5.41, 5.74) is -0.191. The van der Waals surface area contributed by atoms with Crippen molar-refractivity contribution in [3.8, 4) is 11.5 Å². The highest BCUT2D eigenvalue weighted by atomic mass is 79.9. The van der Waals surface area contributed by atoms with Crippen LogP contribution in [0.15, 0.2) is 40.9 Å². The van der Waals surface area contributed by atoms with Crippen molar-refractivity contribution < 1.29 is 18.8 Å². The van der Waals surface area contributed by atoms with Gasteiger partial charge in [0.15, 0.2) is 6.29 Å². The number of hydrogen-bond donors (Lipinski definition) is 0. The van der Waals surface area contributed by atoms with Crippen LogP contribution in [0.5, 0.6) is 11.5 Å². The van der Waals surface area contributed by atoms with Crippen LogP contribution in [0.25, 0.3) is 0 Å². The topological polar surface area (TPSA) is 69.4 Å². The molecule has 0 heterocycles. The fraction of sp³-hybridized carbons (Fsp3) is 0. The largest absolute Gasteiger partial charge is 0.449 e. The first-order chi connectivity index (χ1) is 9.51. The molecule has 102 valence electrons. The summed E-state index contributed by atoms with van der Waals surface area (Å²) in [4.78, 5) is 21.1. The fourth-order valence-corrected chi connectivity index (χ4v) is 1.92. The van der Waals surface area contributed by atoms with E-state index in [0.717, 1.165) is 18.2 Å². The number of hydrogen-bond acceptors (Lipinski definition) is 4. The molecule has 0 fully saturated rings. The Balaban J connectivity index is 2.46. The van der Waals surface area contributed by atoms with E-state index in [4.69, 9.17) is 4.74 Å². The molecular weight excluding hydrogens is 333 g/mol. The first-order valence-electron chi connectivity index (χ1n) is 5.38. The normalized spacial score (nSPS) is 10.1. The SMILES string of the molecule is O=Cc1cc(Br)ccc1Oc1cc(F)ccc1[N+](=O)[O-]. The van der Waals surface area contributed by atoms with Crippen molar-refractivity contribution >= 4 is 27.9 Å². The van der Waals surface area contributed by atoms with Gasteiger partial charge in [-0.2, -0.15) is 0 Å². The van der Waals surface area contributed by atoms with Crippen LogP contribution < -0.4 is 4.74 Å². The van der Waals surface area contributed by atoms with Gasteiger partial charge in [0, 0.05) is 16.6 Å². The molecule has 0 aliphatic rings. The highest BCUT2D eigenvalue weighted by Gasteiger charge is 2.18. The lowest BCUT2D eigenvalue weighted by Crippen LogP contribution is -1.96. The van der Waals surface area contributed by atoms with Gasteiger partial charge in [0.1, 0.15) is 11.6 Å². The third-order valence-corrected chi connectivity index (χ3v) is 2.93. The van der Waals surface area contributed by atoms with Gasteiger partial charge < -0.3 is 4.74 Å². The minimum absolute atomic E-state index is 0.108. The first kappa shape index (κ1) is 14.1. The summed E-state index contributed by atoms with van der Waals surface area (Å²) < 4.78 is 19.1. The highest BCUT2D eigenvalue weighted by Crippen LogP contribution is 2.33. The third kappa shape index (κ3) is 3.00. The Bertz CT molecular complexity index is 690. The number of ether oxygens (including phenoxy) is 1. The number of rotatable bonds is 4. The molecular formula is C13H7BrFNO4. The standard InChI is InChI=1S/C13H7BrFNO4/c14-9-1-4-12(8(5-9)7-17)20-13-6-10(15)2-3-11(13)16(18)19/h1-7H. The molecule has 0 bridgehead atoms. The van der Waals surface area contributed by atoms with E-state index in [1.54, 1.807) is 6.07 Å². The van der Waals surface area contributed by atoms with E-state index < -0.39 is 10.7 Å². The second-order valence-electron chi connectivity index (χ2n) is 3.77. The van der Waals surface area contributed by atoms with Crippen LogP contribution in [0, 0.1) is 15.9 Å². The zero-order chi connectivity index (χ0) is 14.7. The number of carbonyl (C=O) groups excluding carboxylic acids is 1. The summed E-state index contributed by atoms with van der Waals surface area (Å²) >= 11 is 3.19. The quantitative estimate of drug-likeness (QED) is 0.477. The van der Waals surface area contributed by atoms with E-state index >= 15 is 0 Å². The molecule has 5 nitrogen and oxygen atoms in total. The van der Waals surface area contributed by atoms with Crippen LogP contribution in [-0.2, 0) is 0 Å². The summed E-state index contributed by atoms with van der Waals surface area (Å²) in [7, 11) is 0. The third-order valence-electron chi connectivity index (χ3n) is 2.44. The van der Waals surface area contributed by atoms with Gasteiger partial charge in [0.2, 0.25) is 5.75 Å². The molecule has 0 N–H and O–H groups in total. The Morgan fingerprint density at radius 3 is 2.60 bits per heavy atom.